The second kappa shape index (κ2) is 6.79. The van der Waals surface area contributed by atoms with Crippen LogP contribution in [-0.2, 0) is 6.18 Å². The molecule has 28 heavy (non-hydrogen) atoms. The molecule has 0 N–H and O–H groups in total. The zero-order valence-electron chi connectivity index (χ0n) is 14.5. The molecule has 0 saturated heterocycles. The number of aryl methyl sites for hydroxylation is 1. The number of hydrogen-bond acceptors (Lipinski definition) is 3. The molecule has 9 heteroatoms. The first-order valence-electron chi connectivity index (χ1n) is 8.24. The van der Waals surface area contributed by atoms with Gasteiger partial charge in [-0.2, -0.15) is 18.3 Å². The number of aromatic nitrogens is 5. The van der Waals surface area contributed by atoms with Crippen LogP contribution in [0.4, 0.5) is 13.2 Å². The summed E-state index contributed by atoms with van der Waals surface area (Å²) in [4.78, 5) is 0. The van der Waals surface area contributed by atoms with Crippen LogP contribution in [0.2, 0.25) is 5.02 Å². The number of nitrogens with zero attached hydrogens (tertiary/aromatic N) is 5. The van der Waals surface area contributed by atoms with E-state index in [1.807, 2.05) is 12.1 Å². The minimum Gasteiger partial charge on any atom is -0.228 e. The van der Waals surface area contributed by atoms with Crippen LogP contribution in [0, 0.1) is 6.92 Å². The number of alkyl halides is 3. The lowest BCUT2D eigenvalue weighted by Crippen LogP contribution is -2.13. The fraction of sp³-hybridized carbons (Fsp3) is 0.105. The van der Waals surface area contributed by atoms with Gasteiger partial charge in [0.05, 0.1) is 23.3 Å². The van der Waals surface area contributed by atoms with Gasteiger partial charge in [0.1, 0.15) is 11.4 Å². The topological polar surface area (TPSA) is 48.5 Å². The van der Waals surface area contributed by atoms with E-state index in [1.54, 1.807) is 47.3 Å². The van der Waals surface area contributed by atoms with E-state index in [0.29, 0.717) is 22.1 Å². The van der Waals surface area contributed by atoms with Crippen molar-refractivity contribution in [1.82, 2.24) is 24.8 Å². The molecule has 0 aliphatic heterocycles. The van der Waals surface area contributed by atoms with Gasteiger partial charge in [-0.15, -0.1) is 5.10 Å². The summed E-state index contributed by atoms with van der Waals surface area (Å²) in [6, 6.07) is 14.6. The summed E-state index contributed by atoms with van der Waals surface area (Å²) in [5.41, 5.74) is 1.90. The molecule has 5 nitrogen and oxygen atoms in total. The van der Waals surface area contributed by atoms with Gasteiger partial charge < -0.3 is 0 Å². The molecule has 0 atom stereocenters. The minimum absolute atomic E-state index is 0.294. The van der Waals surface area contributed by atoms with E-state index in [0.717, 1.165) is 22.0 Å². The van der Waals surface area contributed by atoms with Crippen LogP contribution < -0.4 is 0 Å². The van der Waals surface area contributed by atoms with Gasteiger partial charge in [0.25, 0.3) is 0 Å². The van der Waals surface area contributed by atoms with Crippen molar-refractivity contribution >= 4 is 11.6 Å². The van der Waals surface area contributed by atoms with Gasteiger partial charge in [0, 0.05) is 10.6 Å². The fourth-order valence-electron chi connectivity index (χ4n) is 2.79. The molecule has 4 aromatic rings. The number of hydrogen-bond donors (Lipinski definition) is 0. The Morgan fingerprint density at radius 1 is 0.929 bits per heavy atom. The third-order valence-corrected chi connectivity index (χ3v) is 4.37. The first-order valence-corrected chi connectivity index (χ1v) is 8.62. The summed E-state index contributed by atoms with van der Waals surface area (Å²) in [6.07, 6.45) is -2.75. The van der Waals surface area contributed by atoms with Gasteiger partial charge in [-0.25, -0.2) is 9.36 Å². The lowest BCUT2D eigenvalue weighted by atomic mass is 10.1. The highest BCUT2D eigenvalue weighted by atomic mass is 35.5. The molecule has 4 rings (SSSR count). The third kappa shape index (κ3) is 3.50. The standard InChI is InChI=1S/C19H13ClF3N5/c1-12-10-18(19(21,22)23)28(25-12)16-6-2-13(3-7-16)17-11-27(26-24-17)15-8-4-14(20)5-9-15/h2-11H,1H3. The molecule has 2 heterocycles. The predicted molar refractivity (Wildman–Crippen MR) is 98.7 cm³/mol. The predicted octanol–water partition coefficient (Wildman–Crippen LogP) is 5.10. The van der Waals surface area contributed by atoms with Gasteiger partial charge in [-0.05, 0) is 49.4 Å². The van der Waals surface area contributed by atoms with Crippen LogP contribution in [0.5, 0.6) is 0 Å². The van der Waals surface area contributed by atoms with E-state index in [-0.39, 0.29) is 0 Å². The van der Waals surface area contributed by atoms with Crippen molar-refractivity contribution in [2.75, 3.05) is 0 Å². The molecule has 0 amide bonds. The summed E-state index contributed by atoms with van der Waals surface area (Å²) in [7, 11) is 0. The highest BCUT2D eigenvalue weighted by Crippen LogP contribution is 2.32. The maximum absolute atomic E-state index is 13.2. The van der Waals surface area contributed by atoms with Gasteiger partial charge in [-0.3, -0.25) is 0 Å². The van der Waals surface area contributed by atoms with Crippen molar-refractivity contribution in [2.24, 2.45) is 0 Å². The maximum atomic E-state index is 13.2. The van der Waals surface area contributed by atoms with Gasteiger partial charge in [0.15, 0.2) is 0 Å². The molecular weight excluding hydrogens is 391 g/mol. The van der Waals surface area contributed by atoms with Gasteiger partial charge in [-0.1, -0.05) is 28.9 Å². The van der Waals surface area contributed by atoms with Crippen molar-refractivity contribution in [3.63, 3.8) is 0 Å². The molecule has 142 valence electrons. The summed E-state index contributed by atoms with van der Waals surface area (Å²) >= 11 is 5.88. The Balaban J connectivity index is 1.64. The SMILES string of the molecule is Cc1cc(C(F)(F)F)n(-c2ccc(-c3cn(-c4ccc(Cl)cc4)nn3)cc2)n1. The fourth-order valence-corrected chi connectivity index (χ4v) is 2.91. The van der Waals surface area contributed by atoms with Crippen molar-refractivity contribution in [3.05, 3.63) is 77.2 Å². The van der Waals surface area contributed by atoms with Crippen LogP contribution in [0.15, 0.2) is 60.8 Å². The molecular formula is C19H13ClF3N5. The molecule has 0 saturated carbocycles. The van der Waals surface area contributed by atoms with Crippen LogP contribution >= 0.6 is 11.6 Å². The maximum Gasteiger partial charge on any atom is 0.433 e. The van der Waals surface area contributed by atoms with E-state index in [9.17, 15) is 13.2 Å². The van der Waals surface area contributed by atoms with Crippen LogP contribution in [0.1, 0.15) is 11.4 Å². The highest BCUT2D eigenvalue weighted by Gasteiger charge is 2.35. The molecule has 0 aliphatic carbocycles. The summed E-state index contributed by atoms with van der Waals surface area (Å²) in [5, 5.41) is 12.8. The van der Waals surface area contributed by atoms with E-state index < -0.39 is 11.9 Å². The quantitative estimate of drug-likeness (QED) is 0.478. The van der Waals surface area contributed by atoms with Crippen molar-refractivity contribution in [3.8, 4) is 22.6 Å². The normalized spacial score (nSPS) is 11.8. The van der Waals surface area contributed by atoms with Crippen molar-refractivity contribution in [2.45, 2.75) is 13.1 Å². The lowest BCUT2D eigenvalue weighted by Gasteiger charge is -2.10. The Bertz CT molecular complexity index is 1110. The molecule has 2 aromatic carbocycles. The van der Waals surface area contributed by atoms with Crippen LogP contribution in [0.25, 0.3) is 22.6 Å². The minimum atomic E-state index is -4.48. The Hall–Kier alpha value is -3.13. The Morgan fingerprint density at radius 2 is 1.57 bits per heavy atom. The highest BCUT2D eigenvalue weighted by molar-refractivity contribution is 6.30. The van der Waals surface area contributed by atoms with E-state index in [4.69, 9.17) is 11.6 Å². The Kier molecular flexibility index (Phi) is 4.43. The zero-order valence-corrected chi connectivity index (χ0v) is 15.3. The van der Waals surface area contributed by atoms with E-state index in [1.165, 1.54) is 6.92 Å². The lowest BCUT2D eigenvalue weighted by molar-refractivity contribution is -0.142. The first kappa shape index (κ1) is 18.2. The molecule has 0 unspecified atom stereocenters. The van der Waals surface area contributed by atoms with Crippen molar-refractivity contribution in [1.29, 1.82) is 0 Å². The molecule has 0 bridgehead atoms. The average molecular weight is 404 g/mol. The van der Waals surface area contributed by atoms with Gasteiger partial charge in [0.2, 0.25) is 0 Å². The zero-order chi connectivity index (χ0) is 19.9. The Morgan fingerprint density at radius 3 is 2.21 bits per heavy atom. The summed E-state index contributed by atoms with van der Waals surface area (Å²) < 4.78 is 42.1. The first-order chi connectivity index (χ1) is 13.3. The molecule has 0 fully saturated rings. The van der Waals surface area contributed by atoms with Crippen LogP contribution in [-0.4, -0.2) is 24.8 Å². The van der Waals surface area contributed by atoms with E-state index >= 15 is 0 Å². The number of rotatable bonds is 3. The van der Waals surface area contributed by atoms with Crippen LogP contribution in [0.3, 0.4) is 0 Å². The molecule has 0 radical (unpaired) electrons. The second-order valence-corrected chi connectivity index (χ2v) is 6.59. The Labute approximate surface area is 163 Å². The molecule has 0 aliphatic rings. The smallest absolute Gasteiger partial charge is 0.228 e. The van der Waals surface area contributed by atoms with Crippen molar-refractivity contribution < 1.29 is 13.2 Å². The third-order valence-electron chi connectivity index (χ3n) is 4.11. The summed E-state index contributed by atoms with van der Waals surface area (Å²) in [5.74, 6) is 0. The largest absolute Gasteiger partial charge is 0.433 e. The molecule has 2 aromatic heterocycles. The summed E-state index contributed by atoms with van der Waals surface area (Å²) in [6.45, 7) is 1.52. The number of halogens is 4. The number of benzene rings is 2. The molecule has 0 spiro atoms. The van der Waals surface area contributed by atoms with Gasteiger partial charge >= 0.3 is 6.18 Å². The second-order valence-electron chi connectivity index (χ2n) is 6.15. The van der Waals surface area contributed by atoms with E-state index in [2.05, 4.69) is 15.4 Å². The average Bonchev–Trinajstić information content (AvgIpc) is 3.29. The monoisotopic (exact) mass is 403 g/mol.